The molecule has 0 radical (unpaired) electrons. The molecule has 2 aliphatic heterocycles. The molecule has 152 valence electrons. The van der Waals surface area contributed by atoms with Gasteiger partial charge in [-0.15, -0.1) is 0 Å². The van der Waals surface area contributed by atoms with Gasteiger partial charge in [-0.2, -0.15) is 0 Å². The zero-order chi connectivity index (χ0) is 19.7. The van der Waals surface area contributed by atoms with Crippen molar-refractivity contribution in [2.45, 2.75) is 56.3 Å². The van der Waals surface area contributed by atoms with Crippen molar-refractivity contribution in [3.05, 3.63) is 29.8 Å². The van der Waals surface area contributed by atoms with Gasteiger partial charge in [0.25, 0.3) is 5.91 Å². The molecule has 3 aliphatic rings. The third-order valence-corrected chi connectivity index (χ3v) is 6.05. The second-order valence-corrected chi connectivity index (χ2v) is 8.28. The molecule has 2 heterocycles. The van der Waals surface area contributed by atoms with Crippen LogP contribution in [0.1, 0.15) is 44.2 Å². The Morgan fingerprint density at radius 3 is 2.54 bits per heavy atom. The minimum Gasteiger partial charge on any atom is -0.497 e. The summed E-state index contributed by atoms with van der Waals surface area (Å²) in [4.78, 5) is 27.8. The maximum Gasteiger partial charge on any atom is 0.252 e. The van der Waals surface area contributed by atoms with Gasteiger partial charge in [0.05, 0.1) is 13.2 Å². The number of hydrogen-bond acceptors (Lipinski definition) is 5. The van der Waals surface area contributed by atoms with Crippen LogP contribution in [-0.4, -0.2) is 61.2 Å². The fraction of sp³-hybridized carbons (Fsp3) is 0.619. The van der Waals surface area contributed by atoms with Crippen LogP contribution in [0, 0.1) is 0 Å². The molecule has 0 bridgehead atoms. The molecule has 7 nitrogen and oxygen atoms in total. The number of hydrogen-bond donors (Lipinski definition) is 2. The van der Waals surface area contributed by atoms with E-state index in [1.54, 1.807) is 7.11 Å². The summed E-state index contributed by atoms with van der Waals surface area (Å²) in [6.07, 6.45) is 3.01. The molecule has 1 aromatic carbocycles. The summed E-state index contributed by atoms with van der Waals surface area (Å²) in [5.41, 5.74) is 0.651. The Labute approximate surface area is 165 Å². The van der Waals surface area contributed by atoms with Crippen molar-refractivity contribution >= 4 is 11.8 Å². The normalized spacial score (nSPS) is 27.4. The molecule has 2 amide bonds. The van der Waals surface area contributed by atoms with Crippen LogP contribution < -0.4 is 15.4 Å². The van der Waals surface area contributed by atoms with Crippen molar-refractivity contribution in [3.63, 3.8) is 0 Å². The fourth-order valence-electron chi connectivity index (χ4n) is 4.24. The van der Waals surface area contributed by atoms with E-state index in [-0.39, 0.29) is 30.0 Å². The van der Waals surface area contributed by atoms with Crippen LogP contribution >= 0.6 is 0 Å². The molecule has 0 spiro atoms. The predicted molar refractivity (Wildman–Crippen MR) is 104 cm³/mol. The number of methoxy groups -OCH3 is 1. The molecule has 1 aromatic rings. The average Bonchev–Trinajstić information content (AvgIpc) is 3.53. The van der Waals surface area contributed by atoms with Gasteiger partial charge in [0.1, 0.15) is 12.4 Å². The molecule has 0 unspecified atom stereocenters. The van der Waals surface area contributed by atoms with Crippen LogP contribution in [-0.2, 0) is 14.3 Å². The van der Waals surface area contributed by atoms with Crippen LogP contribution in [0.5, 0.6) is 5.75 Å². The van der Waals surface area contributed by atoms with E-state index < -0.39 is 12.1 Å². The van der Waals surface area contributed by atoms with Gasteiger partial charge >= 0.3 is 0 Å². The summed E-state index contributed by atoms with van der Waals surface area (Å²) in [5, 5.41) is 6.54. The number of carbonyl (C=O) groups is 2. The minimum absolute atomic E-state index is 0.0413. The number of ether oxygens (including phenoxy) is 2. The second kappa shape index (κ2) is 7.72. The molecule has 0 aromatic heterocycles. The number of nitrogens with zero attached hydrogens (tertiary/aromatic N) is 1. The Hall–Kier alpha value is -2.12. The molecule has 2 N–H and O–H groups in total. The number of benzene rings is 1. The largest absolute Gasteiger partial charge is 0.497 e. The molecular formula is C21H29N3O4. The van der Waals surface area contributed by atoms with E-state index >= 15 is 0 Å². The van der Waals surface area contributed by atoms with Crippen LogP contribution in [0.3, 0.4) is 0 Å². The first-order chi connectivity index (χ1) is 13.5. The van der Waals surface area contributed by atoms with Crippen LogP contribution in [0.4, 0.5) is 0 Å². The first-order valence-electron chi connectivity index (χ1n) is 10.1. The Bertz CT molecular complexity index is 726. The van der Waals surface area contributed by atoms with Crippen molar-refractivity contribution in [2.24, 2.45) is 0 Å². The Morgan fingerprint density at radius 2 is 1.93 bits per heavy atom. The minimum atomic E-state index is -0.710. The molecule has 3 fully saturated rings. The standard InChI is InChI=1S/C21H29N3O4/c1-21(9-11-22-12-10-21)23-20(26)19-18(14-3-7-16(27-2)8-4-14)24(15-5-6-15)17(25)13-28-19/h3-4,7-8,15,18-19,22H,5-6,9-13H2,1-2H3,(H,23,26)/t18-,19+/m1/s1. The summed E-state index contributed by atoms with van der Waals surface area (Å²) >= 11 is 0. The van der Waals surface area contributed by atoms with Crippen molar-refractivity contribution in [1.82, 2.24) is 15.5 Å². The number of carbonyl (C=O) groups excluding carboxylic acids is 2. The number of amides is 2. The summed E-state index contributed by atoms with van der Waals surface area (Å²) in [6.45, 7) is 3.81. The summed E-state index contributed by atoms with van der Waals surface area (Å²) in [7, 11) is 1.62. The Morgan fingerprint density at radius 1 is 1.25 bits per heavy atom. The summed E-state index contributed by atoms with van der Waals surface area (Å²) in [5.74, 6) is 0.566. The lowest BCUT2D eigenvalue weighted by Crippen LogP contribution is -2.60. The van der Waals surface area contributed by atoms with E-state index in [1.807, 2.05) is 29.2 Å². The lowest BCUT2D eigenvalue weighted by atomic mass is 9.89. The topological polar surface area (TPSA) is 79.9 Å². The fourth-order valence-corrected chi connectivity index (χ4v) is 4.24. The van der Waals surface area contributed by atoms with E-state index in [0.717, 1.165) is 50.1 Å². The predicted octanol–water partition coefficient (Wildman–Crippen LogP) is 1.38. The number of piperidine rings is 1. The third-order valence-electron chi connectivity index (χ3n) is 6.05. The molecule has 1 aliphatic carbocycles. The van der Waals surface area contributed by atoms with Crippen molar-refractivity contribution < 1.29 is 19.1 Å². The number of morpholine rings is 1. The Balaban J connectivity index is 1.61. The van der Waals surface area contributed by atoms with Gasteiger partial charge in [0.2, 0.25) is 5.91 Å². The van der Waals surface area contributed by atoms with Crippen LogP contribution in [0.2, 0.25) is 0 Å². The summed E-state index contributed by atoms with van der Waals surface area (Å²) in [6, 6.07) is 7.37. The first kappa shape index (κ1) is 19.2. The molecule has 2 atom stereocenters. The quantitative estimate of drug-likeness (QED) is 0.798. The lowest BCUT2D eigenvalue weighted by Gasteiger charge is -2.43. The van der Waals surface area contributed by atoms with Crippen molar-refractivity contribution in [3.8, 4) is 5.75 Å². The van der Waals surface area contributed by atoms with E-state index in [4.69, 9.17) is 9.47 Å². The number of rotatable bonds is 5. The molecular weight excluding hydrogens is 358 g/mol. The highest BCUT2D eigenvalue weighted by atomic mass is 16.5. The highest BCUT2D eigenvalue weighted by molar-refractivity contribution is 5.87. The highest BCUT2D eigenvalue weighted by Crippen LogP contribution is 2.40. The monoisotopic (exact) mass is 387 g/mol. The molecule has 28 heavy (non-hydrogen) atoms. The van der Waals surface area contributed by atoms with E-state index in [2.05, 4.69) is 17.6 Å². The maximum absolute atomic E-state index is 13.3. The molecule has 2 saturated heterocycles. The zero-order valence-corrected chi connectivity index (χ0v) is 16.6. The van der Waals surface area contributed by atoms with Gasteiger partial charge in [-0.1, -0.05) is 12.1 Å². The van der Waals surface area contributed by atoms with Crippen LogP contribution in [0.25, 0.3) is 0 Å². The second-order valence-electron chi connectivity index (χ2n) is 8.28. The molecule has 1 saturated carbocycles. The van der Waals surface area contributed by atoms with Crippen LogP contribution in [0.15, 0.2) is 24.3 Å². The third kappa shape index (κ3) is 3.86. The zero-order valence-electron chi connectivity index (χ0n) is 16.6. The average molecular weight is 387 g/mol. The number of nitrogens with one attached hydrogen (secondary N) is 2. The lowest BCUT2D eigenvalue weighted by molar-refractivity contribution is -0.166. The van der Waals surface area contributed by atoms with Gasteiger partial charge in [-0.25, -0.2) is 0 Å². The Kier molecular flexibility index (Phi) is 5.29. The van der Waals surface area contributed by atoms with Gasteiger partial charge < -0.3 is 25.0 Å². The van der Waals surface area contributed by atoms with Gasteiger partial charge in [-0.05, 0) is 63.4 Å². The van der Waals surface area contributed by atoms with Gasteiger partial charge in [0, 0.05) is 11.6 Å². The highest BCUT2D eigenvalue weighted by Gasteiger charge is 2.48. The maximum atomic E-state index is 13.3. The first-order valence-corrected chi connectivity index (χ1v) is 10.1. The van der Waals surface area contributed by atoms with E-state index in [1.165, 1.54) is 0 Å². The van der Waals surface area contributed by atoms with Gasteiger partial charge in [0.15, 0.2) is 6.10 Å². The smallest absolute Gasteiger partial charge is 0.252 e. The summed E-state index contributed by atoms with van der Waals surface area (Å²) < 4.78 is 11.1. The molecule has 4 rings (SSSR count). The van der Waals surface area contributed by atoms with Gasteiger partial charge in [-0.3, -0.25) is 9.59 Å². The van der Waals surface area contributed by atoms with Crippen molar-refractivity contribution in [1.29, 1.82) is 0 Å². The SMILES string of the molecule is COc1ccc([C@@H]2[C@@H](C(=O)NC3(C)CCNCC3)OCC(=O)N2C2CC2)cc1. The molecule has 7 heteroatoms. The van der Waals surface area contributed by atoms with Crippen molar-refractivity contribution in [2.75, 3.05) is 26.8 Å². The van der Waals surface area contributed by atoms with E-state index in [9.17, 15) is 9.59 Å². The van der Waals surface area contributed by atoms with E-state index in [0.29, 0.717) is 0 Å².